The number of rotatable bonds is 2. The molecule has 1 aliphatic rings. The molecule has 0 saturated heterocycles. The summed E-state index contributed by atoms with van der Waals surface area (Å²) in [4.78, 5) is 18.5. The van der Waals surface area contributed by atoms with Crippen LogP contribution in [0.3, 0.4) is 0 Å². The molecule has 25 heavy (non-hydrogen) atoms. The molecule has 0 atom stereocenters. The Bertz CT molecular complexity index is 967. The Balaban J connectivity index is 1.67. The number of carbonyl (C=O) groups excluding carboxylic acids is 1. The fourth-order valence-corrected chi connectivity index (χ4v) is 3.21. The Labute approximate surface area is 147 Å². The van der Waals surface area contributed by atoms with E-state index in [4.69, 9.17) is 11.6 Å². The maximum absolute atomic E-state index is 14.6. The second kappa shape index (κ2) is 6.12. The predicted octanol–water partition coefficient (Wildman–Crippen LogP) is 1.86. The molecule has 130 valence electrons. The molecule has 0 fully saturated rings. The van der Waals surface area contributed by atoms with Crippen LogP contribution in [0.2, 0.25) is 5.02 Å². The zero-order chi connectivity index (χ0) is 17.6. The number of hydrogen-bond acceptors (Lipinski definition) is 4. The third-order valence-electron chi connectivity index (χ3n) is 4.24. The van der Waals surface area contributed by atoms with Crippen LogP contribution in [-0.2, 0) is 19.7 Å². The summed E-state index contributed by atoms with van der Waals surface area (Å²) in [7, 11) is 0. The van der Waals surface area contributed by atoms with Crippen molar-refractivity contribution in [3.8, 4) is 0 Å². The fourth-order valence-electron chi connectivity index (χ4n) is 3.05. The van der Waals surface area contributed by atoms with Gasteiger partial charge in [-0.15, -0.1) is 0 Å². The van der Waals surface area contributed by atoms with Crippen molar-refractivity contribution in [2.24, 2.45) is 0 Å². The van der Waals surface area contributed by atoms with Crippen molar-refractivity contribution in [1.82, 2.24) is 24.1 Å². The van der Waals surface area contributed by atoms with Crippen molar-refractivity contribution in [3.05, 3.63) is 52.4 Å². The highest BCUT2D eigenvalue weighted by atomic mass is 35.5. The lowest BCUT2D eigenvalue weighted by Crippen LogP contribution is -2.31. The average molecular weight is 364 g/mol. The van der Waals surface area contributed by atoms with Gasteiger partial charge in [0.1, 0.15) is 5.65 Å². The van der Waals surface area contributed by atoms with Gasteiger partial charge < -0.3 is 10.0 Å². The van der Waals surface area contributed by atoms with Gasteiger partial charge in [-0.2, -0.15) is 9.49 Å². The number of aliphatic hydroxyl groups is 1. The van der Waals surface area contributed by atoms with Gasteiger partial charge in [-0.25, -0.2) is 4.98 Å². The fraction of sp³-hybridized carbons (Fsp3) is 0.312. The minimum atomic E-state index is -0.726. The van der Waals surface area contributed by atoms with E-state index in [1.54, 1.807) is 27.8 Å². The number of aromatic nitrogens is 4. The maximum atomic E-state index is 14.6. The third kappa shape index (κ3) is 2.77. The quantitative estimate of drug-likeness (QED) is 0.754. The molecule has 0 saturated carbocycles. The molecule has 0 radical (unpaired) electrons. The van der Waals surface area contributed by atoms with Gasteiger partial charge >= 0.3 is 0 Å². The molecule has 4 rings (SSSR count). The molecule has 0 unspecified atom stereocenters. The molecule has 0 bridgehead atoms. The molecule has 0 spiro atoms. The predicted molar refractivity (Wildman–Crippen MR) is 87.7 cm³/mol. The highest BCUT2D eigenvalue weighted by Gasteiger charge is 2.27. The number of pyridine rings is 1. The summed E-state index contributed by atoms with van der Waals surface area (Å²) in [5.41, 5.74) is 1.46. The van der Waals surface area contributed by atoms with E-state index in [1.165, 1.54) is 10.6 Å². The number of amides is 1. The maximum Gasteiger partial charge on any atom is 0.277 e. The van der Waals surface area contributed by atoms with Gasteiger partial charge in [0.15, 0.2) is 5.69 Å². The number of nitrogens with zero attached hydrogens (tertiary/aromatic N) is 5. The molecule has 0 aliphatic carbocycles. The number of aryl methyl sites for hydroxylation is 1. The van der Waals surface area contributed by atoms with Gasteiger partial charge in [0.25, 0.3) is 5.91 Å². The van der Waals surface area contributed by atoms with Crippen molar-refractivity contribution in [2.45, 2.75) is 26.1 Å². The standard InChI is InChI=1S/C16H15ClFN5O2/c17-10-2-3-13-19-14(15(18)22(13)7-10)16(25)21-4-1-5-23-12(8-21)6-11(9-24)20-23/h2-3,6-7,24H,1,4-5,8-9H2. The Morgan fingerprint density at radius 2 is 2.20 bits per heavy atom. The summed E-state index contributed by atoms with van der Waals surface area (Å²) in [5.74, 6) is -1.20. The van der Waals surface area contributed by atoms with Crippen molar-refractivity contribution in [2.75, 3.05) is 6.54 Å². The third-order valence-corrected chi connectivity index (χ3v) is 4.46. The number of halogens is 2. The first-order chi connectivity index (χ1) is 12.1. The Hall–Kier alpha value is -2.45. The van der Waals surface area contributed by atoms with Crippen LogP contribution < -0.4 is 0 Å². The molecule has 3 aromatic rings. The molecule has 1 N–H and O–H groups in total. The number of imidazole rings is 1. The summed E-state index contributed by atoms with van der Waals surface area (Å²) in [5, 5.41) is 13.9. The van der Waals surface area contributed by atoms with Gasteiger partial charge in [0, 0.05) is 19.3 Å². The van der Waals surface area contributed by atoms with E-state index < -0.39 is 11.9 Å². The molecule has 1 aliphatic heterocycles. The number of hydrogen-bond donors (Lipinski definition) is 1. The van der Waals surface area contributed by atoms with E-state index in [0.29, 0.717) is 42.4 Å². The first kappa shape index (κ1) is 16.0. The summed E-state index contributed by atoms with van der Waals surface area (Å²) in [6.07, 6.45) is 2.08. The normalized spacial score (nSPS) is 14.6. The Morgan fingerprint density at radius 1 is 1.36 bits per heavy atom. The highest BCUT2D eigenvalue weighted by Crippen LogP contribution is 2.20. The van der Waals surface area contributed by atoms with E-state index >= 15 is 0 Å². The van der Waals surface area contributed by atoms with E-state index in [1.807, 2.05) is 0 Å². The Kier molecular flexibility index (Phi) is 3.93. The first-order valence-electron chi connectivity index (χ1n) is 7.85. The molecular formula is C16H15ClFN5O2. The van der Waals surface area contributed by atoms with Crippen LogP contribution >= 0.6 is 11.6 Å². The molecular weight excluding hydrogens is 349 g/mol. The lowest BCUT2D eigenvalue weighted by Gasteiger charge is -2.18. The number of carbonyl (C=O) groups is 1. The van der Waals surface area contributed by atoms with Crippen molar-refractivity contribution in [1.29, 1.82) is 0 Å². The van der Waals surface area contributed by atoms with E-state index in [-0.39, 0.29) is 12.3 Å². The summed E-state index contributed by atoms with van der Waals surface area (Å²) >= 11 is 5.88. The molecule has 0 aromatic carbocycles. The Morgan fingerprint density at radius 3 is 3.00 bits per heavy atom. The molecule has 4 heterocycles. The van der Waals surface area contributed by atoms with Crippen molar-refractivity contribution in [3.63, 3.8) is 0 Å². The van der Waals surface area contributed by atoms with Gasteiger partial charge in [-0.1, -0.05) is 11.6 Å². The van der Waals surface area contributed by atoms with E-state index in [2.05, 4.69) is 10.1 Å². The molecule has 3 aromatic heterocycles. The number of fused-ring (bicyclic) bond motifs is 2. The van der Waals surface area contributed by atoms with Gasteiger partial charge in [-0.3, -0.25) is 13.9 Å². The zero-order valence-corrected chi connectivity index (χ0v) is 13.9. The zero-order valence-electron chi connectivity index (χ0n) is 13.2. The SMILES string of the molecule is O=C(c1nc2ccc(Cl)cn2c1F)N1CCCn2nc(CO)cc2C1. The first-order valence-corrected chi connectivity index (χ1v) is 8.23. The van der Waals surface area contributed by atoms with Gasteiger partial charge in [0.2, 0.25) is 5.95 Å². The van der Waals surface area contributed by atoms with E-state index in [9.17, 15) is 14.3 Å². The lowest BCUT2D eigenvalue weighted by atomic mass is 10.3. The minimum Gasteiger partial charge on any atom is -0.390 e. The highest BCUT2D eigenvalue weighted by molar-refractivity contribution is 6.30. The minimum absolute atomic E-state index is 0.157. The second-order valence-corrected chi connectivity index (χ2v) is 6.35. The van der Waals surface area contributed by atoms with Crippen molar-refractivity contribution >= 4 is 23.2 Å². The van der Waals surface area contributed by atoms with Gasteiger partial charge in [0.05, 0.1) is 29.6 Å². The van der Waals surface area contributed by atoms with Crippen LogP contribution in [0.1, 0.15) is 28.3 Å². The summed E-state index contributed by atoms with van der Waals surface area (Å²) < 4.78 is 17.6. The van der Waals surface area contributed by atoms with Crippen LogP contribution in [0.4, 0.5) is 4.39 Å². The largest absolute Gasteiger partial charge is 0.390 e. The lowest BCUT2D eigenvalue weighted by molar-refractivity contribution is 0.0735. The smallest absolute Gasteiger partial charge is 0.277 e. The summed E-state index contributed by atoms with van der Waals surface area (Å²) in [6, 6.07) is 4.91. The summed E-state index contributed by atoms with van der Waals surface area (Å²) in [6.45, 7) is 1.25. The number of aliphatic hydroxyl groups excluding tert-OH is 1. The molecule has 9 heteroatoms. The average Bonchev–Trinajstić information content (AvgIpc) is 3.08. The van der Waals surface area contributed by atoms with Crippen LogP contribution in [0.5, 0.6) is 0 Å². The van der Waals surface area contributed by atoms with Crippen LogP contribution in [0.25, 0.3) is 5.65 Å². The van der Waals surface area contributed by atoms with Crippen LogP contribution in [0.15, 0.2) is 24.4 Å². The topological polar surface area (TPSA) is 75.7 Å². The van der Waals surface area contributed by atoms with E-state index in [0.717, 1.165) is 5.69 Å². The van der Waals surface area contributed by atoms with Gasteiger partial charge in [-0.05, 0) is 24.6 Å². The van der Waals surface area contributed by atoms with Crippen LogP contribution in [-0.4, -0.2) is 41.6 Å². The second-order valence-electron chi connectivity index (χ2n) is 5.92. The van der Waals surface area contributed by atoms with Crippen molar-refractivity contribution < 1.29 is 14.3 Å². The van der Waals surface area contributed by atoms with Crippen LogP contribution in [0, 0.1) is 5.95 Å². The molecule has 7 nitrogen and oxygen atoms in total. The monoisotopic (exact) mass is 363 g/mol. The molecule has 1 amide bonds.